The Hall–Kier alpha value is -1.26. The van der Waals surface area contributed by atoms with Crippen molar-refractivity contribution in [3.8, 4) is 0 Å². The molecule has 0 aliphatic carbocycles. The summed E-state index contributed by atoms with van der Waals surface area (Å²) >= 11 is 0. The van der Waals surface area contributed by atoms with E-state index in [-0.39, 0.29) is 18.4 Å². The van der Waals surface area contributed by atoms with Gasteiger partial charge in [0.15, 0.2) is 0 Å². The molecule has 0 saturated heterocycles. The maximum absolute atomic E-state index is 10.9. The van der Waals surface area contributed by atoms with E-state index in [1.807, 2.05) is 13.8 Å². The number of carbonyl (C=O) groups excluding carboxylic acids is 1. The zero-order valence-electron chi connectivity index (χ0n) is 8.67. The van der Waals surface area contributed by atoms with Gasteiger partial charge >= 0.3 is 12.0 Å². The zero-order chi connectivity index (χ0) is 11.0. The fourth-order valence-electron chi connectivity index (χ4n) is 0.962. The SMILES string of the molecule is CCNC(=O)NCC(C)CCC(=O)O. The first-order chi connectivity index (χ1) is 6.56. The maximum atomic E-state index is 10.9. The molecule has 1 unspecified atom stereocenters. The lowest BCUT2D eigenvalue weighted by Crippen LogP contribution is -2.37. The van der Waals surface area contributed by atoms with Gasteiger partial charge in [0.25, 0.3) is 0 Å². The molecule has 0 aromatic carbocycles. The van der Waals surface area contributed by atoms with Crippen LogP contribution in [0.1, 0.15) is 26.7 Å². The lowest BCUT2D eigenvalue weighted by Gasteiger charge is -2.11. The monoisotopic (exact) mass is 202 g/mol. The topological polar surface area (TPSA) is 78.4 Å². The van der Waals surface area contributed by atoms with E-state index in [1.165, 1.54) is 0 Å². The average molecular weight is 202 g/mol. The second-order valence-corrected chi connectivity index (χ2v) is 3.28. The normalized spacial score (nSPS) is 11.9. The minimum atomic E-state index is -0.796. The van der Waals surface area contributed by atoms with Crippen LogP contribution in [0, 0.1) is 5.92 Å². The van der Waals surface area contributed by atoms with Crippen LogP contribution in [0.15, 0.2) is 0 Å². The molecule has 5 heteroatoms. The highest BCUT2D eigenvalue weighted by molar-refractivity contribution is 5.73. The van der Waals surface area contributed by atoms with Gasteiger partial charge in [-0.15, -0.1) is 0 Å². The molecular formula is C9H18N2O3. The van der Waals surface area contributed by atoms with Gasteiger partial charge in [-0.2, -0.15) is 0 Å². The van der Waals surface area contributed by atoms with Crippen LogP contribution in [-0.2, 0) is 4.79 Å². The number of nitrogens with one attached hydrogen (secondary N) is 2. The summed E-state index contributed by atoms with van der Waals surface area (Å²) in [5.41, 5.74) is 0. The van der Waals surface area contributed by atoms with Crippen molar-refractivity contribution in [2.24, 2.45) is 5.92 Å². The summed E-state index contributed by atoms with van der Waals surface area (Å²) in [5, 5.41) is 13.7. The van der Waals surface area contributed by atoms with Crippen molar-refractivity contribution in [2.75, 3.05) is 13.1 Å². The van der Waals surface area contributed by atoms with E-state index >= 15 is 0 Å². The number of amides is 2. The number of hydrogen-bond donors (Lipinski definition) is 3. The molecule has 0 bridgehead atoms. The molecule has 0 aromatic heterocycles. The quantitative estimate of drug-likeness (QED) is 0.596. The van der Waals surface area contributed by atoms with E-state index in [4.69, 9.17) is 5.11 Å². The minimum absolute atomic E-state index is 0.151. The van der Waals surface area contributed by atoms with Crippen molar-refractivity contribution in [1.82, 2.24) is 10.6 Å². The van der Waals surface area contributed by atoms with Gasteiger partial charge in [-0.1, -0.05) is 6.92 Å². The van der Waals surface area contributed by atoms with E-state index in [9.17, 15) is 9.59 Å². The molecule has 0 aromatic rings. The number of rotatable bonds is 6. The van der Waals surface area contributed by atoms with Gasteiger partial charge in [0.2, 0.25) is 0 Å². The fraction of sp³-hybridized carbons (Fsp3) is 0.778. The molecule has 0 heterocycles. The van der Waals surface area contributed by atoms with Crippen LogP contribution in [0.2, 0.25) is 0 Å². The van der Waals surface area contributed by atoms with Crippen LogP contribution in [0.4, 0.5) is 4.79 Å². The number of hydrogen-bond acceptors (Lipinski definition) is 2. The second kappa shape index (κ2) is 7.17. The van der Waals surface area contributed by atoms with Gasteiger partial charge in [-0.3, -0.25) is 4.79 Å². The molecule has 82 valence electrons. The first-order valence-electron chi connectivity index (χ1n) is 4.79. The number of carboxylic acids is 1. The van der Waals surface area contributed by atoms with Crippen molar-refractivity contribution in [2.45, 2.75) is 26.7 Å². The summed E-state index contributed by atoms with van der Waals surface area (Å²) in [7, 11) is 0. The summed E-state index contributed by atoms with van der Waals surface area (Å²) in [5.74, 6) is -0.608. The van der Waals surface area contributed by atoms with Gasteiger partial charge < -0.3 is 15.7 Å². The predicted octanol–water partition coefficient (Wildman–Crippen LogP) is 0.806. The smallest absolute Gasteiger partial charge is 0.314 e. The maximum Gasteiger partial charge on any atom is 0.314 e. The Morgan fingerprint density at radius 2 is 2.00 bits per heavy atom. The average Bonchev–Trinajstić information content (AvgIpc) is 2.12. The molecule has 0 aliphatic rings. The van der Waals surface area contributed by atoms with Gasteiger partial charge in [0.05, 0.1) is 0 Å². The van der Waals surface area contributed by atoms with E-state index < -0.39 is 5.97 Å². The van der Waals surface area contributed by atoms with Gasteiger partial charge in [0, 0.05) is 19.5 Å². The van der Waals surface area contributed by atoms with E-state index in [0.29, 0.717) is 19.5 Å². The number of carbonyl (C=O) groups is 2. The summed E-state index contributed by atoms with van der Waals surface area (Å²) in [6.07, 6.45) is 0.736. The Labute approximate surface area is 83.9 Å². The van der Waals surface area contributed by atoms with Crippen molar-refractivity contribution in [1.29, 1.82) is 0 Å². The van der Waals surface area contributed by atoms with Crippen molar-refractivity contribution < 1.29 is 14.7 Å². The second-order valence-electron chi connectivity index (χ2n) is 3.28. The van der Waals surface area contributed by atoms with Crippen molar-refractivity contribution >= 4 is 12.0 Å². The molecule has 14 heavy (non-hydrogen) atoms. The van der Waals surface area contributed by atoms with Gasteiger partial charge in [0.1, 0.15) is 0 Å². The predicted molar refractivity (Wildman–Crippen MR) is 53.1 cm³/mol. The Morgan fingerprint density at radius 3 is 2.50 bits per heavy atom. The third-order valence-corrected chi connectivity index (χ3v) is 1.80. The Morgan fingerprint density at radius 1 is 1.36 bits per heavy atom. The number of urea groups is 1. The largest absolute Gasteiger partial charge is 0.481 e. The highest BCUT2D eigenvalue weighted by Crippen LogP contribution is 2.03. The summed E-state index contributed by atoms with van der Waals surface area (Å²) in [6, 6.07) is -0.199. The molecule has 5 nitrogen and oxygen atoms in total. The van der Waals surface area contributed by atoms with Crippen LogP contribution in [0.3, 0.4) is 0 Å². The highest BCUT2D eigenvalue weighted by Gasteiger charge is 2.06. The van der Waals surface area contributed by atoms with E-state index in [2.05, 4.69) is 10.6 Å². The van der Waals surface area contributed by atoms with Crippen molar-refractivity contribution in [3.63, 3.8) is 0 Å². The molecule has 0 rings (SSSR count). The molecule has 0 aliphatic heterocycles. The van der Waals surface area contributed by atoms with Crippen LogP contribution in [0.5, 0.6) is 0 Å². The van der Waals surface area contributed by atoms with Crippen LogP contribution < -0.4 is 10.6 Å². The molecule has 3 N–H and O–H groups in total. The molecular weight excluding hydrogens is 184 g/mol. The Balaban J connectivity index is 3.48. The van der Waals surface area contributed by atoms with Gasteiger partial charge in [-0.05, 0) is 19.3 Å². The van der Waals surface area contributed by atoms with Crippen molar-refractivity contribution in [3.05, 3.63) is 0 Å². The first-order valence-corrected chi connectivity index (χ1v) is 4.79. The highest BCUT2D eigenvalue weighted by atomic mass is 16.4. The third kappa shape index (κ3) is 7.39. The molecule has 1 atom stereocenters. The van der Waals surface area contributed by atoms with Crippen LogP contribution >= 0.6 is 0 Å². The minimum Gasteiger partial charge on any atom is -0.481 e. The molecule has 2 amide bonds. The first kappa shape index (κ1) is 12.7. The summed E-state index contributed by atoms with van der Waals surface area (Å²) < 4.78 is 0. The van der Waals surface area contributed by atoms with Gasteiger partial charge in [-0.25, -0.2) is 4.79 Å². The zero-order valence-corrected chi connectivity index (χ0v) is 8.67. The van der Waals surface area contributed by atoms with Crippen LogP contribution in [0.25, 0.3) is 0 Å². The fourth-order valence-corrected chi connectivity index (χ4v) is 0.962. The summed E-state index contributed by atoms with van der Waals surface area (Å²) in [4.78, 5) is 21.2. The number of carboxylic acid groups (broad SMARTS) is 1. The summed E-state index contributed by atoms with van der Waals surface area (Å²) in [6.45, 7) is 4.86. The van der Waals surface area contributed by atoms with E-state index in [1.54, 1.807) is 0 Å². The molecule has 0 radical (unpaired) electrons. The van der Waals surface area contributed by atoms with Crippen LogP contribution in [-0.4, -0.2) is 30.2 Å². The number of aliphatic carboxylic acids is 1. The Kier molecular flexibility index (Phi) is 6.53. The van der Waals surface area contributed by atoms with E-state index in [0.717, 1.165) is 0 Å². The molecule has 0 fully saturated rings. The standard InChI is InChI=1S/C9H18N2O3/c1-3-10-9(14)11-6-7(2)4-5-8(12)13/h7H,3-6H2,1-2H3,(H,12,13)(H2,10,11,14). The molecule has 0 spiro atoms. The lowest BCUT2D eigenvalue weighted by molar-refractivity contribution is -0.137. The Bertz CT molecular complexity index is 194. The lowest BCUT2D eigenvalue weighted by atomic mass is 10.1. The molecule has 0 saturated carbocycles. The third-order valence-electron chi connectivity index (χ3n) is 1.80.